The van der Waals surface area contributed by atoms with Gasteiger partial charge < -0.3 is 0 Å². The van der Waals surface area contributed by atoms with E-state index in [1.165, 1.54) is 18.2 Å². The molecule has 0 radical (unpaired) electrons. The van der Waals surface area contributed by atoms with E-state index < -0.39 is 15.4 Å². The van der Waals surface area contributed by atoms with Gasteiger partial charge in [0.05, 0.1) is 4.92 Å². The Morgan fingerprint density at radius 1 is 1.42 bits per heavy atom. The number of nitro benzene ring substituents is 1. The highest BCUT2D eigenvalue weighted by atomic mass is 32.2. The third kappa shape index (κ3) is 2.59. The minimum absolute atomic E-state index is 0.0631. The van der Waals surface area contributed by atoms with E-state index in [0.717, 1.165) is 5.57 Å². The predicted molar refractivity (Wildman–Crippen MR) is 73.1 cm³/mol. The van der Waals surface area contributed by atoms with E-state index >= 15 is 0 Å². The Morgan fingerprint density at radius 3 is 2.74 bits per heavy atom. The molecule has 0 saturated heterocycles. The molecule has 1 aliphatic carbocycles. The van der Waals surface area contributed by atoms with Crippen LogP contribution in [0.4, 0.5) is 5.69 Å². The van der Waals surface area contributed by atoms with Gasteiger partial charge in [0.2, 0.25) is 0 Å². The van der Waals surface area contributed by atoms with Crippen molar-refractivity contribution in [3.05, 3.63) is 52.1 Å². The van der Waals surface area contributed by atoms with Crippen molar-refractivity contribution in [2.24, 2.45) is 0 Å². The van der Waals surface area contributed by atoms with Gasteiger partial charge in [-0.05, 0) is 34.1 Å². The van der Waals surface area contributed by atoms with E-state index in [1.807, 2.05) is 18.2 Å². The lowest BCUT2D eigenvalue weighted by molar-refractivity contribution is -0.384. The monoisotopic (exact) mass is 275 g/mol. The Kier molecular flexibility index (Phi) is 3.85. The number of carbonyl (C=O) groups excluding carboxylic acids is 2. The van der Waals surface area contributed by atoms with Gasteiger partial charge in [-0.2, -0.15) is 0 Å². The minimum atomic E-state index is -1.31. The molecule has 19 heavy (non-hydrogen) atoms. The molecule has 0 bridgehead atoms. The lowest BCUT2D eigenvalue weighted by atomic mass is 10.0. The number of nitro groups is 1. The number of non-ortho nitro benzene ring substituents is 1. The van der Waals surface area contributed by atoms with Gasteiger partial charge >= 0.3 is 0 Å². The van der Waals surface area contributed by atoms with Gasteiger partial charge in [0.1, 0.15) is 0 Å². The molecule has 0 aromatic heterocycles. The number of allylic oxidation sites excluding steroid dienone is 4. The zero-order valence-corrected chi connectivity index (χ0v) is 10.6. The van der Waals surface area contributed by atoms with Crippen molar-refractivity contribution < 1.29 is 14.5 Å². The molecule has 6 heteroatoms. The van der Waals surface area contributed by atoms with Gasteiger partial charge in [-0.15, -0.1) is 0 Å². The Bertz CT molecular complexity index is 669. The Morgan fingerprint density at radius 2 is 2.21 bits per heavy atom. The van der Waals surface area contributed by atoms with Crippen molar-refractivity contribution >= 4 is 32.6 Å². The molecule has 0 heterocycles. The highest BCUT2D eigenvalue weighted by molar-refractivity contribution is 8.25. The van der Waals surface area contributed by atoms with Crippen LogP contribution in [0, 0.1) is 10.1 Å². The fourth-order valence-corrected chi connectivity index (χ4v) is 2.71. The average Bonchev–Trinajstić information content (AvgIpc) is 2.94. The lowest BCUT2D eigenvalue weighted by Gasteiger charge is -2.08. The summed E-state index contributed by atoms with van der Waals surface area (Å²) >= 11 is 0. The summed E-state index contributed by atoms with van der Waals surface area (Å²) in [6.07, 6.45) is 6.19. The maximum atomic E-state index is 10.9. The van der Waals surface area contributed by atoms with Gasteiger partial charge in [-0.1, -0.05) is 18.2 Å². The summed E-state index contributed by atoms with van der Waals surface area (Å²) in [6.45, 7) is 0. The van der Waals surface area contributed by atoms with Gasteiger partial charge in [-0.25, -0.2) is 4.79 Å². The largest absolute Gasteiger partial charge is 0.290 e. The summed E-state index contributed by atoms with van der Waals surface area (Å²) in [5, 5.41) is 12.5. The number of carbonyl (C=O) groups is 1. The van der Waals surface area contributed by atoms with Crippen molar-refractivity contribution in [2.45, 2.75) is 11.3 Å². The van der Waals surface area contributed by atoms with Crippen LogP contribution in [0.2, 0.25) is 0 Å². The van der Waals surface area contributed by atoms with E-state index in [0.29, 0.717) is 22.5 Å². The Balaban J connectivity index is 2.63. The van der Waals surface area contributed by atoms with Crippen LogP contribution in [0.1, 0.15) is 12.0 Å². The molecule has 1 aliphatic rings. The van der Waals surface area contributed by atoms with Crippen LogP contribution in [0.5, 0.6) is 0 Å². The zero-order valence-electron chi connectivity index (χ0n) is 9.74. The van der Waals surface area contributed by atoms with Crippen LogP contribution in [0.3, 0.4) is 0 Å². The standard InChI is InChI=1S/C13H9NO4S/c15-8-19(9-16)13-6-5-11(14(17)18)7-12(13)10-3-1-2-4-10/h1-3,5-8H,4H2. The molecule has 2 rings (SSSR count). The van der Waals surface area contributed by atoms with Crippen molar-refractivity contribution in [3.63, 3.8) is 0 Å². The summed E-state index contributed by atoms with van der Waals surface area (Å²) < 4.78 is 0. The first-order valence-electron chi connectivity index (χ1n) is 5.38. The van der Waals surface area contributed by atoms with Gasteiger partial charge in [-0.3, -0.25) is 14.9 Å². The molecule has 1 atom stereocenters. The Hall–Kier alpha value is -2.30. The van der Waals surface area contributed by atoms with Crippen molar-refractivity contribution in [1.29, 1.82) is 0 Å². The fourth-order valence-electron chi connectivity index (χ4n) is 1.84. The molecule has 1 aromatic rings. The van der Waals surface area contributed by atoms with E-state index in [9.17, 15) is 19.7 Å². The van der Waals surface area contributed by atoms with Crippen LogP contribution >= 0.6 is 10.5 Å². The number of benzene rings is 1. The second-order valence-corrected chi connectivity index (χ2v) is 5.25. The van der Waals surface area contributed by atoms with E-state index in [2.05, 4.69) is 0 Å². The SMILES string of the molecule is O=C=S(C=O)c1ccc([N+](=O)[O-])cc1C1=CC=CC1. The third-order valence-electron chi connectivity index (χ3n) is 2.71. The van der Waals surface area contributed by atoms with E-state index in [4.69, 9.17) is 0 Å². The zero-order chi connectivity index (χ0) is 13.8. The maximum Gasteiger partial charge on any atom is 0.270 e. The predicted octanol–water partition coefficient (Wildman–Crippen LogP) is 2.82. The first-order valence-corrected chi connectivity index (χ1v) is 6.67. The molecule has 1 aromatic carbocycles. The number of hydrogen-bond donors (Lipinski definition) is 0. The highest BCUT2D eigenvalue weighted by Crippen LogP contribution is 2.36. The minimum Gasteiger partial charge on any atom is -0.290 e. The number of rotatable bonds is 4. The summed E-state index contributed by atoms with van der Waals surface area (Å²) in [4.78, 5) is 32.5. The third-order valence-corrected chi connectivity index (χ3v) is 3.92. The van der Waals surface area contributed by atoms with Crippen molar-refractivity contribution in [1.82, 2.24) is 0 Å². The second-order valence-electron chi connectivity index (χ2n) is 3.78. The molecule has 0 saturated carbocycles. The Labute approximate surface area is 111 Å². The molecule has 96 valence electrons. The molecule has 1 unspecified atom stereocenters. The molecule has 0 amide bonds. The van der Waals surface area contributed by atoms with Gasteiger partial charge in [0.25, 0.3) is 5.69 Å². The summed E-state index contributed by atoms with van der Waals surface area (Å²) in [6, 6.07) is 4.15. The van der Waals surface area contributed by atoms with E-state index in [1.54, 1.807) is 5.23 Å². The van der Waals surface area contributed by atoms with Crippen molar-refractivity contribution in [3.8, 4) is 0 Å². The highest BCUT2D eigenvalue weighted by Gasteiger charge is 2.16. The molecule has 0 N–H and O–H groups in total. The summed E-state index contributed by atoms with van der Waals surface area (Å²) in [5.41, 5.74) is 1.87. The fraction of sp³-hybridized carbons (Fsp3) is 0.0769. The van der Waals surface area contributed by atoms with Crippen LogP contribution in [0.25, 0.3) is 5.57 Å². The second kappa shape index (κ2) is 5.56. The first kappa shape index (κ1) is 13.1. The normalized spacial score (nSPS) is 14.6. The quantitative estimate of drug-likeness (QED) is 0.366. The molecule has 0 spiro atoms. The van der Waals surface area contributed by atoms with Gasteiger partial charge in [0.15, 0.2) is 10.9 Å². The smallest absolute Gasteiger partial charge is 0.270 e. The van der Waals surface area contributed by atoms with Crippen molar-refractivity contribution in [2.75, 3.05) is 0 Å². The summed E-state index contributed by atoms with van der Waals surface area (Å²) in [7, 11) is -1.31. The number of nitrogens with zero attached hydrogens (tertiary/aromatic N) is 1. The topological polar surface area (TPSA) is 77.3 Å². The summed E-state index contributed by atoms with van der Waals surface area (Å²) in [5.74, 6) is 0. The maximum absolute atomic E-state index is 10.9. The lowest BCUT2D eigenvalue weighted by Crippen LogP contribution is -1.93. The van der Waals surface area contributed by atoms with E-state index in [-0.39, 0.29) is 5.69 Å². The molecule has 0 aliphatic heterocycles. The first-order chi connectivity index (χ1) is 9.17. The molecular weight excluding hydrogens is 266 g/mol. The number of hydrogen-bond acceptors (Lipinski definition) is 4. The molecular formula is C13H9NO4S. The average molecular weight is 275 g/mol. The van der Waals surface area contributed by atoms with Crippen LogP contribution < -0.4 is 0 Å². The molecule has 0 fully saturated rings. The van der Waals surface area contributed by atoms with Crippen LogP contribution in [-0.2, 0) is 9.59 Å². The van der Waals surface area contributed by atoms with Gasteiger partial charge in [0, 0.05) is 17.0 Å². The van der Waals surface area contributed by atoms with Crippen LogP contribution in [-0.4, -0.2) is 15.8 Å². The molecule has 5 nitrogen and oxygen atoms in total. The van der Waals surface area contributed by atoms with Crippen LogP contribution in [0.15, 0.2) is 41.3 Å².